The molecule has 152 valence electrons. The number of hydrogen-bond acceptors (Lipinski definition) is 4. The van der Waals surface area contributed by atoms with Gasteiger partial charge in [0.1, 0.15) is 0 Å². The maximum Gasteiger partial charge on any atom is 0.262 e. The van der Waals surface area contributed by atoms with Crippen molar-refractivity contribution in [3.05, 3.63) is 46.8 Å². The van der Waals surface area contributed by atoms with E-state index in [2.05, 4.69) is 13.8 Å². The molecule has 0 radical (unpaired) electrons. The maximum atomic E-state index is 13.1. The summed E-state index contributed by atoms with van der Waals surface area (Å²) < 4.78 is 1.68. The lowest BCUT2D eigenvalue weighted by molar-refractivity contribution is -0.134. The second-order valence-corrected chi connectivity index (χ2v) is 8.82. The van der Waals surface area contributed by atoms with Gasteiger partial charge in [0.05, 0.1) is 16.7 Å². The van der Waals surface area contributed by atoms with Crippen LogP contribution in [0, 0.1) is 0 Å². The Kier molecular flexibility index (Phi) is 5.63. The predicted molar refractivity (Wildman–Crippen MR) is 120 cm³/mol. The Balaban J connectivity index is 1.67. The third-order valence-electron chi connectivity index (χ3n) is 5.91. The minimum Gasteiger partial charge on any atom is -0.337 e. The average molecular weight is 410 g/mol. The van der Waals surface area contributed by atoms with Gasteiger partial charge >= 0.3 is 0 Å². The number of carbonyl (C=O) groups excluding carboxylic acids is 1. The number of rotatable bonds is 4. The van der Waals surface area contributed by atoms with Crippen molar-refractivity contribution in [2.24, 2.45) is 0 Å². The lowest BCUT2D eigenvalue weighted by Crippen LogP contribution is -2.48. The molecule has 29 heavy (non-hydrogen) atoms. The van der Waals surface area contributed by atoms with Gasteiger partial charge in [-0.15, -0.1) is 0 Å². The van der Waals surface area contributed by atoms with Gasteiger partial charge in [-0.3, -0.25) is 14.2 Å². The van der Waals surface area contributed by atoms with E-state index in [0.29, 0.717) is 28.4 Å². The molecule has 0 unspecified atom stereocenters. The molecule has 6 heteroatoms. The van der Waals surface area contributed by atoms with Crippen molar-refractivity contribution >= 4 is 39.3 Å². The van der Waals surface area contributed by atoms with E-state index >= 15 is 0 Å². The van der Waals surface area contributed by atoms with Crippen LogP contribution < -0.4 is 5.56 Å². The largest absolute Gasteiger partial charge is 0.337 e. The second-order valence-electron chi connectivity index (χ2n) is 7.88. The molecule has 0 N–H and O–H groups in total. The Labute approximate surface area is 175 Å². The Morgan fingerprint density at radius 3 is 2.45 bits per heavy atom. The zero-order chi connectivity index (χ0) is 20.5. The number of fused-ring (bicyclic) bond motifs is 2. The molecule has 5 nitrogen and oxygen atoms in total. The summed E-state index contributed by atoms with van der Waals surface area (Å²) in [5.41, 5.74) is 0.644. The summed E-state index contributed by atoms with van der Waals surface area (Å²) in [6.45, 7) is 6.72. The molecular weight excluding hydrogens is 382 g/mol. The topological polar surface area (TPSA) is 55.2 Å². The summed E-state index contributed by atoms with van der Waals surface area (Å²) in [4.78, 5) is 32.8. The van der Waals surface area contributed by atoms with E-state index < -0.39 is 0 Å². The van der Waals surface area contributed by atoms with Crippen molar-refractivity contribution < 1.29 is 4.79 Å². The first-order valence-electron chi connectivity index (χ1n) is 10.4. The number of likely N-dealkylation sites (tertiary alicyclic amines) is 1. The van der Waals surface area contributed by atoms with Crippen LogP contribution in [0.2, 0.25) is 0 Å². The Bertz CT molecular complexity index is 1110. The zero-order valence-corrected chi connectivity index (χ0v) is 18.0. The summed E-state index contributed by atoms with van der Waals surface area (Å²) in [6.07, 6.45) is 3.29. The molecular formula is C23H27N3O2S. The van der Waals surface area contributed by atoms with Crippen molar-refractivity contribution in [2.75, 3.05) is 5.75 Å². The fourth-order valence-corrected chi connectivity index (χ4v) is 5.32. The van der Waals surface area contributed by atoms with Crippen LogP contribution >= 0.6 is 11.8 Å². The fraction of sp³-hybridized carbons (Fsp3) is 0.435. The van der Waals surface area contributed by atoms with E-state index in [1.165, 1.54) is 18.2 Å². The summed E-state index contributed by atoms with van der Waals surface area (Å²) in [5, 5.41) is 3.33. The molecule has 1 amide bonds. The number of benzene rings is 2. The third kappa shape index (κ3) is 3.78. The molecule has 1 fully saturated rings. The summed E-state index contributed by atoms with van der Waals surface area (Å²) in [5.74, 6) is 0.436. The fourth-order valence-electron chi connectivity index (χ4n) is 4.39. The van der Waals surface area contributed by atoms with Crippen molar-refractivity contribution in [2.45, 2.75) is 63.8 Å². The standard InChI is InChI=1S/C23H27N3O2S/c1-4-25-22(28)19-12-17-10-5-6-11-18(17)13-20(19)24-23(25)29-14-21(27)26-15(2)8-7-9-16(26)3/h5-6,10-13,15-16H,4,7-9,14H2,1-3H3/t15-,16-/m1/s1. The monoisotopic (exact) mass is 409 g/mol. The van der Waals surface area contributed by atoms with E-state index in [4.69, 9.17) is 4.98 Å². The third-order valence-corrected chi connectivity index (χ3v) is 6.87. The minimum absolute atomic E-state index is 0.0436. The van der Waals surface area contributed by atoms with Gasteiger partial charge in [-0.2, -0.15) is 0 Å². The van der Waals surface area contributed by atoms with Gasteiger partial charge in [0, 0.05) is 18.6 Å². The van der Waals surface area contributed by atoms with E-state index in [0.717, 1.165) is 23.6 Å². The molecule has 0 spiro atoms. The number of thioether (sulfide) groups is 1. The van der Waals surface area contributed by atoms with Gasteiger partial charge in [-0.1, -0.05) is 36.0 Å². The predicted octanol–water partition coefficient (Wildman–Crippen LogP) is 4.45. The molecule has 2 atom stereocenters. The SMILES string of the molecule is CCn1c(SCC(=O)N2[C@H](C)CCC[C@H]2C)nc2cc3ccccc3cc2c1=O. The van der Waals surface area contributed by atoms with Crippen LogP contribution in [0.4, 0.5) is 0 Å². The lowest BCUT2D eigenvalue weighted by atomic mass is 9.98. The van der Waals surface area contributed by atoms with Crippen LogP contribution in [0.15, 0.2) is 46.3 Å². The maximum absolute atomic E-state index is 13.1. The molecule has 1 aromatic heterocycles. The highest BCUT2D eigenvalue weighted by molar-refractivity contribution is 7.99. The van der Waals surface area contributed by atoms with Gasteiger partial charge in [-0.25, -0.2) is 4.98 Å². The molecule has 0 aliphatic carbocycles. The second kappa shape index (κ2) is 8.19. The van der Waals surface area contributed by atoms with Crippen LogP contribution in [0.3, 0.4) is 0 Å². The Morgan fingerprint density at radius 2 is 1.79 bits per heavy atom. The van der Waals surface area contributed by atoms with Gasteiger partial charge in [-0.05, 0) is 62.9 Å². The molecule has 0 saturated carbocycles. The number of nitrogens with zero attached hydrogens (tertiary/aromatic N) is 3. The molecule has 4 rings (SSSR count). The van der Waals surface area contributed by atoms with E-state index in [9.17, 15) is 9.59 Å². The van der Waals surface area contributed by atoms with Crippen LogP contribution in [0.1, 0.15) is 40.0 Å². The highest BCUT2D eigenvalue weighted by atomic mass is 32.2. The summed E-state index contributed by atoms with van der Waals surface area (Å²) in [7, 11) is 0. The first-order valence-corrected chi connectivity index (χ1v) is 11.4. The molecule has 0 bridgehead atoms. The normalized spacial score (nSPS) is 19.8. The highest BCUT2D eigenvalue weighted by Gasteiger charge is 2.29. The lowest BCUT2D eigenvalue weighted by Gasteiger charge is -2.39. The Morgan fingerprint density at radius 1 is 1.14 bits per heavy atom. The molecule has 1 aliphatic rings. The van der Waals surface area contributed by atoms with E-state index in [1.807, 2.05) is 48.2 Å². The van der Waals surface area contributed by atoms with E-state index in [1.54, 1.807) is 4.57 Å². The van der Waals surface area contributed by atoms with Gasteiger partial charge in [0.25, 0.3) is 5.56 Å². The number of amides is 1. The zero-order valence-electron chi connectivity index (χ0n) is 17.2. The van der Waals surface area contributed by atoms with Crippen molar-refractivity contribution in [3.8, 4) is 0 Å². The van der Waals surface area contributed by atoms with Crippen LogP contribution in [-0.4, -0.2) is 38.2 Å². The first-order chi connectivity index (χ1) is 14.0. The average Bonchev–Trinajstić information content (AvgIpc) is 2.71. The molecule has 2 aromatic carbocycles. The molecule has 1 aliphatic heterocycles. The van der Waals surface area contributed by atoms with Crippen molar-refractivity contribution in [1.29, 1.82) is 0 Å². The Hall–Kier alpha value is -2.34. The summed E-state index contributed by atoms with van der Waals surface area (Å²) in [6, 6.07) is 12.4. The number of carbonyl (C=O) groups is 1. The summed E-state index contributed by atoms with van der Waals surface area (Å²) >= 11 is 1.37. The van der Waals surface area contributed by atoms with Crippen LogP contribution in [0.25, 0.3) is 21.7 Å². The van der Waals surface area contributed by atoms with Crippen molar-refractivity contribution in [1.82, 2.24) is 14.5 Å². The van der Waals surface area contributed by atoms with Crippen LogP contribution in [-0.2, 0) is 11.3 Å². The van der Waals surface area contributed by atoms with Crippen molar-refractivity contribution in [3.63, 3.8) is 0 Å². The molecule has 3 aromatic rings. The highest BCUT2D eigenvalue weighted by Crippen LogP contribution is 2.26. The number of piperidine rings is 1. The minimum atomic E-state index is -0.0436. The first kappa shape index (κ1) is 20.0. The quantitative estimate of drug-likeness (QED) is 0.363. The van der Waals surface area contributed by atoms with Gasteiger partial charge < -0.3 is 4.90 Å². The van der Waals surface area contributed by atoms with E-state index in [-0.39, 0.29) is 23.6 Å². The molecule has 1 saturated heterocycles. The van der Waals surface area contributed by atoms with Gasteiger partial charge in [0.2, 0.25) is 5.91 Å². The van der Waals surface area contributed by atoms with Crippen LogP contribution in [0.5, 0.6) is 0 Å². The molecule has 2 heterocycles. The smallest absolute Gasteiger partial charge is 0.262 e. The number of aromatic nitrogens is 2. The van der Waals surface area contributed by atoms with Gasteiger partial charge in [0.15, 0.2) is 5.16 Å². The number of hydrogen-bond donors (Lipinski definition) is 0.